The number of carboxylic acid groups (broad SMARTS) is 1. The number of nitrogens with one attached hydrogen (secondary N) is 1. The summed E-state index contributed by atoms with van der Waals surface area (Å²) in [7, 11) is 0. The highest BCUT2D eigenvalue weighted by Gasteiger charge is 2.33. The van der Waals surface area contributed by atoms with Crippen LogP contribution in [0.15, 0.2) is 48.5 Å². The predicted octanol–water partition coefficient (Wildman–Crippen LogP) is 2.23. The number of benzene rings is 2. The number of aromatic carboxylic acids is 1. The summed E-state index contributed by atoms with van der Waals surface area (Å²) in [6.07, 6.45) is -1.15. The quantitative estimate of drug-likeness (QED) is 0.899. The molecule has 0 radical (unpaired) electrons. The number of carbonyl (C=O) groups is 2. The average Bonchev–Trinajstić information content (AvgIpc) is 2.59. The Morgan fingerprint density at radius 3 is 2.29 bits per heavy atom. The number of rotatable bonds is 4. The van der Waals surface area contributed by atoms with E-state index in [1.54, 1.807) is 31.2 Å². The molecule has 2 unspecified atom stereocenters. The Hall–Kier alpha value is -3.02. The first-order chi connectivity index (χ1) is 11.5. The summed E-state index contributed by atoms with van der Waals surface area (Å²) in [4.78, 5) is 23.2. The molecule has 124 valence electrons. The van der Waals surface area contributed by atoms with Crippen LogP contribution in [0.5, 0.6) is 11.5 Å². The molecule has 0 aromatic heterocycles. The van der Waals surface area contributed by atoms with Gasteiger partial charge in [-0.15, -0.1) is 0 Å². The maximum absolute atomic E-state index is 12.4. The number of para-hydroxylation sites is 2. The first-order valence-electron chi connectivity index (χ1n) is 7.57. The molecule has 1 aliphatic rings. The van der Waals surface area contributed by atoms with Crippen LogP contribution < -0.4 is 14.8 Å². The molecule has 0 aliphatic carbocycles. The second-order valence-corrected chi connectivity index (χ2v) is 5.53. The first-order valence-corrected chi connectivity index (χ1v) is 7.57. The van der Waals surface area contributed by atoms with Crippen LogP contribution in [0.4, 0.5) is 0 Å². The van der Waals surface area contributed by atoms with E-state index in [9.17, 15) is 9.59 Å². The summed E-state index contributed by atoms with van der Waals surface area (Å²) >= 11 is 0. The molecule has 0 saturated heterocycles. The van der Waals surface area contributed by atoms with Crippen molar-refractivity contribution in [3.63, 3.8) is 0 Å². The Bertz CT molecular complexity index is 756. The van der Waals surface area contributed by atoms with E-state index in [1.165, 1.54) is 12.1 Å². The van der Waals surface area contributed by atoms with Gasteiger partial charge < -0.3 is 19.9 Å². The van der Waals surface area contributed by atoms with Crippen molar-refractivity contribution in [2.75, 3.05) is 0 Å². The summed E-state index contributed by atoms with van der Waals surface area (Å²) in [6.45, 7) is 2.06. The van der Waals surface area contributed by atoms with Crippen molar-refractivity contribution in [1.29, 1.82) is 0 Å². The molecule has 0 fully saturated rings. The molecule has 6 nitrogen and oxygen atoms in total. The molecule has 2 atom stereocenters. The van der Waals surface area contributed by atoms with Crippen molar-refractivity contribution in [3.8, 4) is 11.5 Å². The lowest BCUT2D eigenvalue weighted by molar-refractivity contribution is -0.133. The number of carboxylic acids is 1. The predicted molar refractivity (Wildman–Crippen MR) is 86.2 cm³/mol. The minimum absolute atomic E-state index is 0.208. The van der Waals surface area contributed by atoms with Gasteiger partial charge in [0.15, 0.2) is 11.5 Å². The van der Waals surface area contributed by atoms with E-state index in [-0.39, 0.29) is 18.0 Å². The molecule has 1 amide bonds. The highest BCUT2D eigenvalue weighted by atomic mass is 16.6. The van der Waals surface area contributed by atoms with Gasteiger partial charge in [0.1, 0.15) is 6.10 Å². The summed E-state index contributed by atoms with van der Waals surface area (Å²) in [5, 5.41) is 11.7. The molecule has 0 saturated carbocycles. The Morgan fingerprint density at radius 2 is 1.67 bits per heavy atom. The van der Waals surface area contributed by atoms with Crippen molar-refractivity contribution in [2.45, 2.75) is 25.7 Å². The fourth-order valence-corrected chi connectivity index (χ4v) is 2.46. The van der Waals surface area contributed by atoms with Gasteiger partial charge in [-0.05, 0) is 36.8 Å². The normalized spacial score (nSPS) is 18.7. The van der Waals surface area contributed by atoms with Gasteiger partial charge in [0.05, 0.1) is 5.56 Å². The molecule has 2 aromatic rings. The number of hydrogen-bond donors (Lipinski definition) is 2. The van der Waals surface area contributed by atoms with Crippen molar-refractivity contribution in [3.05, 3.63) is 59.7 Å². The largest absolute Gasteiger partial charge is 0.482 e. The van der Waals surface area contributed by atoms with Gasteiger partial charge in [-0.25, -0.2) is 4.79 Å². The molecule has 1 heterocycles. The topological polar surface area (TPSA) is 84.9 Å². The molecule has 1 aliphatic heterocycles. The van der Waals surface area contributed by atoms with Crippen LogP contribution in [0.1, 0.15) is 22.8 Å². The maximum Gasteiger partial charge on any atom is 0.335 e. The van der Waals surface area contributed by atoms with Crippen LogP contribution in [-0.2, 0) is 11.3 Å². The lowest BCUT2D eigenvalue weighted by Crippen LogP contribution is -2.48. The zero-order chi connectivity index (χ0) is 17.1. The van der Waals surface area contributed by atoms with Crippen LogP contribution in [0.25, 0.3) is 0 Å². The molecule has 0 spiro atoms. The second-order valence-electron chi connectivity index (χ2n) is 5.53. The van der Waals surface area contributed by atoms with Crippen LogP contribution >= 0.6 is 0 Å². The molecule has 3 rings (SSSR count). The fourth-order valence-electron chi connectivity index (χ4n) is 2.46. The summed E-state index contributed by atoms with van der Waals surface area (Å²) in [5.41, 5.74) is 1.01. The van der Waals surface area contributed by atoms with Crippen LogP contribution in [0.2, 0.25) is 0 Å². The Balaban J connectivity index is 1.62. The van der Waals surface area contributed by atoms with E-state index in [0.29, 0.717) is 11.5 Å². The lowest BCUT2D eigenvalue weighted by atomic mass is 10.1. The number of fused-ring (bicyclic) bond motifs is 1. The first kappa shape index (κ1) is 15.9. The van der Waals surface area contributed by atoms with Gasteiger partial charge in [0, 0.05) is 6.54 Å². The van der Waals surface area contributed by atoms with E-state index in [2.05, 4.69) is 5.32 Å². The minimum Gasteiger partial charge on any atom is -0.482 e. The van der Waals surface area contributed by atoms with E-state index >= 15 is 0 Å². The highest BCUT2D eigenvalue weighted by Crippen LogP contribution is 2.33. The summed E-state index contributed by atoms with van der Waals surface area (Å²) in [6, 6.07) is 13.6. The van der Waals surface area contributed by atoms with E-state index in [1.807, 2.05) is 12.1 Å². The molecule has 24 heavy (non-hydrogen) atoms. The molecule has 0 bridgehead atoms. The third kappa shape index (κ3) is 3.32. The zero-order valence-corrected chi connectivity index (χ0v) is 13.1. The highest BCUT2D eigenvalue weighted by molar-refractivity contribution is 5.87. The number of carbonyl (C=O) groups excluding carboxylic acids is 1. The standard InChI is InChI=1S/C18H17NO5/c1-11-16(24-15-5-3-2-4-14(15)23-11)17(20)19-10-12-6-8-13(9-7-12)18(21)22/h2-9,11,16H,10H2,1H3,(H,19,20)(H,21,22). The van der Waals surface area contributed by atoms with E-state index in [4.69, 9.17) is 14.6 Å². The van der Waals surface area contributed by atoms with Gasteiger partial charge in [-0.2, -0.15) is 0 Å². The summed E-state index contributed by atoms with van der Waals surface area (Å²) < 4.78 is 11.4. The van der Waals surface area contributed by atoms with Crippen LogP contribution in [0, 0.1) is 0 Å². The summed E-state index contributed by atoms with van der Waals surface area (Å²) in [5.74, 6) is -0.0926. The monoisotopic (exact) mass is 327 g/mol. The second kappa shape index (κ2) is 6.62. The average molecular weight is 327 g/mol. The van der Waals surface area contributed by atoms with Crippen LogP contribution in [0.3, 0.4) is 0 Å². The Morgan fingerprint density at radius 1 is 1.04 bits per heavy atom. The number of ether oxygens (including phenoxy) is 2. The third-order valence-electron chi connectivity index (χ3n) is 3.77. The van der Waals surface area contributed by atoms with Gasteiger partial charge in [-0.1, -0.05) is 24.3 Å². The van der Waals surface area contributed by atoms with Gasteiger partial charge in [0.2, 0.25) is 6.10 Å². The van der Waals surface area contributed by atoms with Crippen LogP contribution in [-0.4, -0.2) is 29.2 Å². The molecule has 2 aromatic carbocycles. The zero-order valence-electron chi connectivity index (χ0n) is 13.1. The number of amides is 1. The van der Waals surface area contributed by atoms with Gasteiger partial charge >= 0.3 is 5.97 Å². The third-order valence-corrected chi connectivity index (χ3v) is 3.77. The van der Waals surface area contributed by atoms with Crippen molar-refractivity contribution in [1.82, 2.24) is 5.32 Å². The van der Waals surface area contributed by atoms with Gasteiger partial charge in [0.25, 0.3) is 5.91 Å². The lowest BCUT2D eigenvalue weighted by Gasteiger charge is -2.31. The Kier molecular flexibility index (Phi) is 4.37. The molecular formula is C18H17NO5. The fraction of sp³-hybridized carbons (Fsp3) is 0.222. The Labute approximate surface area is 139 Å². The van der Waals surface area contributed by atoms with Crippen molar-refractivity contribution in [2.24, 2.45) is 0 Å². The minimum atomic E-state index is -0.981. The van der Waals surface area contributed by atoms with Crippen molar-refractivity contribution < 1.29 is 24.2 Å². The maximum atomic E-state index is 12.4. The molecule has 2 N–H and O–H groups in total. The van der Waals surface area contributed by atoms with Crippen molar-refractivity contribution >= 4 is 11.9 Å². The number of hydrogen-bond acceptors (Lipinski definition) is 4. The molecule has 6 heteroatoms. The van der Waals surface area contributed by atoms with Gasteiger partial charge in [-0.3, -0.25) is 4.79 Å². The smallest absolute Gasteiger partial charge is 0.335 e. The molecular weight excluding hydrogens is 310 g/mol. The SMILES string of the molecule is CC1Oc2ccccc2OC1C(=O)NCc1ccc(C(=O)O)cc1. The van der Waals surface area contributed by atoms with E-state index < -0.39 is 18.2 Å². The van der Waals surface area contributed by atoms with E-state index in [0.717, 1.165) is 5.56 Å².